The predicted molar refractivity (Wildman–Crippen MR) is 82.0 cm³/mol. The fourth-order valence-corrected chi connectivity index (χ4v) is 3.08. The van der Waals surface area contributed by atoms with Gasteiger partial charge in [0.1, 0.15) is 0 Å². The van der Waals surface area contributed by atoms with Crippen molar-refractivity contribution in [2.24, 2.45) is 0 Å². The standard InChI is InChI=1S/C15H14N2O3S/c18-10-11-8-13(17(19)20)5-6-15(11)16(12-3-4-12)9-14-2-1-7-21-14/h1-2,5-8,10,12H,3-4,9H2. The third kappa shape index (κ3) is 2.95. The first-order valence-electron chi connectivity index (χ1n) is 6.71. The highest BCUT2D eigenvalue weighted by atomic mass is 32.1. The van der Waals surface area contributed by atoms with E-state index in [4.69, 9.17) is 0 Å². The molecule has 1 heterocycles. The molecule has 6 heteroatoms. The minimum atomic E-state index is -0.475. The lowest BCUT2D eigenvalue weighted by Crippen LogP contribution is -2.25. The van der Waals surface area contributed by atoms with Gasteiger partial charge in [0.2, 0.25) is 0 Å². The quantitative estimate of drug-likeness (QED) is 0.464. The summed E-state index contributed by atoms with van der Waals surface area (Å²) >= 11 is 1.67. The number of carbonyl (C=O) groups is 1. The maximum atomic E-state index is 11.3. The Kier molecular flexibility index (Phi) is 3.70. The molecule has 0 amide bonds. The third-order valence-electron chi connectivity index (χ3n) is 3.55. The van der Waals surface area contributed by atoms with Crippen molar-refractivity contribution in [1.82, 2.24) is 0 Å². The first kappa shape index (κ1) is 13.8. The van der Waals surface area contributed by atoms with Gasteiger partial charge in [-0.3, -0.25) is 14.9 Å². The summed E-state index contributed by atoms with van der Waals surface area (Å²) in [4.78, 5) is 25.1. The van der Waals surface area contributed by atoms with Crippen LogP contribution in [0.4, 0.5) is 11.4 Å². The molecule has 0 bridgehead atoms. The molecule has 2 aromatic rings. The summed E-state index contributed by atoms with van der Waals surface area (Å²) in [6.07, 6.45) is 2.90. The summed E-state index contributed by atoms with van der Waals surface area (Å²) in [7, 11) is 0. The van der Waals surface area contributed by atoms with E-state index in [9.17, 15) is 14.9 Å². The Hall–Kier alpha value is -2.21. The summed E-state index contributed by atoms with van der Waals surface area (Å²) in [6.45, 7) is 0.737. The molecular formula is C15H14N2O3S. The molecular weight excluding hydrogens is 288 g/mol. The monoisotopic (exact) mass is 302 g/mol. The topological polar surface area (TPSA) is 63.4 Å². The van der Waals surface area contributed by atoms with Gasteiger partial charge in [0.05, 0.1) is 11.5 Å². The summed E-state index contributed by atoms with van der Waals surface area (Å²) in [5.74, 6) is 0. The number of carbonyl (C=O) groups excluding carboxylic acids is 1. The highest BCUT2D eigenvalue weighted by molar-refractivity contribution is 7.09. The molecule has 1 aromatic carbocycles. The molecule has 0 aliphatic heterocycles. The van der Waals surface area contributed by atoms with Gasteiger partial charge in [0.15, 0.2) is 6.29 Å². The number of nitrogens with zero attached hydrogens (tertiary/aromatic N) is 2. The zero-order valence-electron chi connectivity index (χ0n) is 11.3. The van der Waals surface area contributed by atoms with E-state index in [2.05, 4.69) is 11.0 Å². The lowest BCUT2D eigenvalue weighted by atomic mass is 10.1. The predicted octanol–water partition coefficient (Wildman–Crippen LogP) is 3.64. The number of aldehydes is 1. The van der Waals surface area contributed by atoms with Gasteiger partial charge in [-0.25, -0.2) is 0 Å². The molecule has 0 unspecified atom stereocenters. The zero-order valence-corrected chi connectivity index (χ0v) is 12.1. The molecule has 0 spiro atoms. The van der Waals surface area contributed by atoms with Crippen molar-refractivity contribution in [2.45, 2.75) is 25.4 Å². The van der Waals surface area contributed by atoms with Crippen molar-refractivity contribution < 1.29 is 9.72 Å². The van der Waals surface area contributed by atoms with Gasteiger partial charge in [-0.15, -0.1) is 11.3 Å². The first-order chi connectivity index (χ1) is 10.2. The number of benzene rings is 1. The van der Waals surface area contributed by atoms with E-state index < -0.39 is 4.92 Å². The van der Waals surface area contributed by atoms with Crippen LogP contribution in [0.3, 0.4) is 0 Å². The number of thiophene rings is 1. The van der Waals surface area contributed by atoms with Crippen molar-refractivity contribution in [3.8, 4) is 0 Å². The first-order valence-corrected chi connectivity index (χ1v) is 7.59. The van der Waals surface area contributed by atoms with Gasteiger partial charge in [-0.2, -0.15) is 0 Å². The van der Waals surface area contributed by atoms with E-state index in [1.165, 1.54) is 17.0 Å². The highest BCUT2D eigenvalue weighted by Crippen LogP contribution is 2.36. The number of hydrogen-bond donors (Lipinski definition) is 0. The second-order valence-electron chi connectivity index (χ2n) is 5.06. The Morgan fingerprint density at radius 1 is 1.38 bits per heavy atom. The molecule has 1 aromatic heterocycles. The maximum Gasteiger partial charge on any atom is 0.270 e. The molecule has 3 rings (SSSR count). The molecule has 0 radical (unpaired) electrons. The van der Waals surface area contributed by atoms with E-state index in [1.807, 2.05) is 11.4 Å². The van der Waals surface area contributed by atoms with Gasteiger partial charge < -0.3 is 4.90 Å². The molecule has 5 nitrogen and oxygen atoms in total. The summed E-state index contributed by atoms with van der Waals surface area (Å²) in [5, 5.41) is 12.9. The van der Waals surface area contributed by atoms with E-state index in [1.54, 1.807) is 17.4 Å². The SMILES string of the molecule is O=Cc1cc([N+](=O)[O-])ccc1N(Cc1cccs1)C1CC1. The van der Waals surface area contributed by atoms with Crippen LogP contribution in [0.2, 0.25) is 0 Å². The van der Waals surface area contributed by atoms with Gasteiger partial charge in [0, 0.05) is 34.3 Å². The number of rotatable bonds is 6. The van der Waals surface area contributed by atoms with Crippen molar-refractivity contribution in [3.63, 3.8) is 0 Å². The number of nitro groups is 1. The van der Waals surface area contributed by atoms with Crippen LogP contribution in [0.15, 0.2) is 35.7 Å². The van der Waals surface area contributed by atoms with Crippen LogP contribution in [0.5, 0.6) is 0 Å². The second kappa shape index (κ2) is 5.65. The lowest BCUT2D eigenvalue weighted by molar-refractivity contribution is -0.384. The molecule has 1 aliphatic rings. The molecule has 1 saturated carbocycles. The van der Waals surface area contributed by atoms with Crippen molar-refractivity contribution >= 4 is 29.0 Å². The van der Waals surface area contributed by atoms with E-state index in [0.29, 0.717) is 17.9 Å². The number of hydrogen-bond acceptors (Lipinski definition) is 5. The van der Waals surface area contributed by atoms with Gasteiger partial charge in [-0.05, 0) is 30.4 Å². The van der Waals surface area contributed by atoms with Crippen molar-refractivity contribution in [1.29, 1.82) is 0 Å². The Bertz CT molecular complexity index is 666. The summed E-state index contributed by atoms with van der Waals surface area (Å²) < 4.78 is 0. The number of nitro benzene ring substituents is 1. The van der Waals surface area contributed by atoms with Crippen molar-refractivity contribution in [2.75, 3.05) is 4.90 Å². The van der Waals surface area contributed by atoms with Crippen LogP contribution in [-0.2, 0) is 6.54 Å². The minimum absolute atomic E-state index is 0.0484. The normalized spacial score (nSPS) is 13.9. The van der Waals surface area contributed by atoms with E-state index in [-0.39, 0.29) is 5.69 Å². The lowest BCUT2D eigenvalue weighted by Gasteiger charge is -2.25. The van der Waals surface area contributed by atoms with Crippen LogP contribution in [0.1, 0.15) is 28.1 Å². The molecule has 0 saturated heterocycles. The van der Waals surface area contributed by atoms with E-state index >= 15 is 0 Å². The number of non-ortho nitro benzene ring substituents is 1. The van der Waals surface area contributed by atoms with Crippen LogP contribution in [-0.4, -0.2) is 17.3 Å². The van der Waals surface area contributed by atoms with Crippen LogP contribution < -0.4 is 4.90 Å². The molecule has 1 fully saturated rings. The molecule has 0 atom stereocenters. The minimum Gasteiger partial charge on any atom is -0.363 e. The Morgan fingerprint density at radius 3 is 2.76 bits per heavy atom. The highest BCUT2D eigenvalue weighted by Gasteiger charge is 2.31. The van der Waals surface area contributed by atoms with Crippen LogP contribution in [0.25, 0.3) is 0 Å². The molecule has 1 aliphatic carbocycles. The van der Waals surface area contributed by atoms with Gasteiger partial charge in [0.25, 0.3) is 5.69 Å². The van der Waals surface area contributed by atoms with Crippen molar-refractivity contribution in [3.05, 3.63) is 56.3 Å². The molecule has 108 valence electrons. The van der Waals surface area contributed by atoms with Crippen LogP contribution >= 0.6 is 11.3 Å². The Morgan fingerprint density at radius 2 is 2.19 bits per heavy atom. The fraction of sp³-hybridized carbons (Fsp3) is 0.267. The summed E-state index contributed by atoms with van der Waals surface area (Å²) in [5.41, 5.74) is 1.12. The largest absolute Gasteiger partial charge is 0.363 e. The smallest absolute Gasteiger partial charge is 0.270 e. The third-order valence-corrected chi connectivity index (χ3v) is 4.41. The Labute approximate surface area is 126 Å². The summed E-state index contributed by atoms with van der Waals surface area (Å²) in [6, 6.07) is 8.99. The average molecular weight is 302 g/mol. The second-order valence-corrected chi connectivity index (χ2v) is 6.09. The number of anilines is 1. The average Bonchev–Trinajstić information content (AvgIpc) is 3.21. The maximum absolute atomic E-state index is 11.3. The van der Waals surface area contributed by atoms with E-state index in [0.717, 1.165) is 25.1 Å². The molecule has 0 N–H and O–H groups in total. The zero-order chi connectivity index (χ0) is 14.8. The Balaban J connectivity index is 1.95. The molecule has 21 heavy (non-hydrogen) atoms. The van der Waals surface area contributed by atoms with Crippen LogP contribution in [0, 0.1) is 10.1 Å². The fourth-order valence-electron chi connectivity index (χ4n) is 2.38. The van der Waals surface area contributed by atoms with Gasteiger partial charge in [-0.1, -0.05) is 6.07 Å². The van der Waals surface area contributed by atoms with Gasteiger partial charge >= 0.3 is 0 Å².